The van der Waals surface area contributed by atoms with E-state index in [1.54, 1.807) is 12.3 Å². The minimum Gasteiger partial charge on any atom is -0.339 e. The highest BCUT2D eigenvalue weighted by Gasteiger charge is 2.14. The molecule has 1 aromatic carbocycles. The van der Waals surface area contributed by atoms with E-state index in [1.807, 2.05) is 41.4 Å². The molecule has 0 unspecified atom stereocenters. The van der Waals surface area contributed by atoms with Gasteiger partial charge in [0.15, 0.2) is 0 Å². The number of nitrogens with one attached hydrogen (secondary N) is 1. The molecule has 8 heteroatoms. The molecule has 4 heterocycles. The van der Waals surface area contributed by atoms with Crippen LogP contribution in [0, 0.1) is 6.92 Å². The average molecular weight is 376 g/mol. The molecule has 0 saturated heterocycles. The number of benzene rings is 1. The summed E-state index contributed by atoms with van der Waals surface area (Å²) in [7, 11) is 0. The van der Waals surface area contributed by atoms with Crippen LogP contribution in [0.4, 0.5) is 0 Å². The van der Waals surface area contributed by atoms with Gasteiger partial charge in [-0.15, -0.1) is 11.3 Å². The van der Waals surface area contributed by atoms with Crippen LogP contribution in [0.1, 0.15) is 12.6 Å². The van der Waals surface area contributed by atoms with E-state index in [2.05, 4.69) is 27.1 Å². The quantitative estimate of drug-likeness (QED) is 0.523. The van der Waals surface area contributed by atoms with E-state index in [0.29, 0.717) is 5.65 Å². The summed E-state index contributed by atoms with van der Waals surface area (Å²) in [5.41, 5.74) is 5.00. The second-order valence-corrected chi connectivity index (χ2v) is 7.23. The highest BCUT2D eigenvalue weighted by atomic mass is 32.1. The van der Waals surface area contributed by atoms with Gasteiger partial charge in [0.25, 0.3) is 5.56 Å². The van der Waals surface area contributed by atoms with Crippen molar-refractivity contribution in [3.63, 3.8) is 0 Å². The first-order chi connectivity index (χ1) is 13.1. The van der Waals surface area contributed by atoms with Crippen molar-refractivity contribution in [2.45, 2.75) is 20.4 Å². The summed E-state index contributed by atoms with van der Waals surface area (Å²) < 4.78 is 3.33. The number of aromatic amines is 1. The van der Waals surface area contributed by atoms with Crippen LogP contribution in [0.5, 0.6) is 0 Å². The summed E-state index contributed by atoms with van der Waals surface area (Å²) in [5, 5.41) is 12.5. The standard InChI is InChI=1S/C19H16N6OS/c1-3-24-16-5-4-12(6-13(16)8-20-24)15-7-17(26)25-18(23-15)14(9-21-25)19-22-11(2)10-27-19/h4-10,23H,3H2,1-2H3. The molecule has 7 nitrogen and oxygen atoms in total. The molecule has 134 valence electrons. The van der Waals surface area contributed by atoms with Crippen molar-refractivity contribution in [3.05, 3.63) is 58.1 Å². The van der Waals surface area contributed by atoms with E-state index >= 15 is 0 Å². The zero-order chi connectivity index (χ0) is 18.5. The van der Waals surface area contributed by atoms with Crippen molar-refractivity contribution < 1.29 is 0 Å². The molecule has 0 radical (unpaired) electrons. The van der Waals surface area contributed by atoms with Gasteiger partial charge in [0.2, 0.25) is 0 Å². The topological polar surface area (TPSA) is 80.9 Å². The Morgan fingerprint density at radius 3 is 2.85 bits per heavy atom. The van der Waals surface area contributed by atoms with Crippen LogP contribution in [0.3, 0.4) is 0 Å². The smallest absolute Gasteiger partial charge is 0.274 e. The maximum absolute atomic E-state index is 12.6. The summed E-state index contributed by atoms with van der Waals surface area (Å²) in [6.45, 7) is 4.83. The number of hydrogen-bond acceptors (Lipinski definition) is 5. The highest BCUT2D eigenvalue weighted by molar-refractivity contribution is 7.13. The first-order valence-electron chi connectivity index (χ1n) is 8.63. The summed E-state index contributed by atoms with van der Waals surface area (Å²) in [6.07, 6.45) is 3.53. The van der Waals surface area contributed by atoms with Crippen LogP contribution < -0.4 is 5.56 Å². The second-order valence-electron chi connectivity index (χ2n) is 6.37. The van der Waals surface area contributed by atoms with Gasteiger partial charge in [-0.05, 0) is 31.5 Å². The molecule has 27 heavy (non-hydrogen) atoms. The molecule has 0 saturated carbocycles. The molecule has 0 amide bonds. The molecule has 1 N–H and O–H groups in total. The van der Waals surface area contributed by atoms with Crippen LogP contribution in [0.2, 0.25) is 0 Å². The van der Waals surface area contributed by atoms with E-state index < -0.39 is 0 Å². The third-order valence-corrected chi connectivity index (χ3v) is 5.59. The lowest BCUT2D eigenvalue weighted by atomic mass is 10.1. The third kappa shape index (κ3) is 2.48. The van der Waals surface area contributed by atoms with Crippen molar-refractivity contribution in [2.24, 2.45) is 0 Å². The lowest BCUT2D eigenvalue weighted by Crippen LogP contribution is -2.14. The van der Waals surface area contributed by atoms with Crippen LogP contribution in [0.25, 0.3) is 38.4 Å². The molecule has 5 rings (SSSR count). The lowest BCUT2D eigenvalue weighted by Gasteiger charge is -2.05. The van der Waals surface area contributed by atoms with Crippen molar-refractivity contribution in [2.75, 3.05) is 0 Å². The lowest BCUT2D eigenvalue weighted by molar-refractivity contribution is 0.684. The SMILES string of the molecule is CCn1ncc2cc(-c3cc(=O)n4ncc(-c5nc(C)cs5)c4[nH]3)ccc21. The highest BCUT2D eigenvalue weighted by Crippen LogP contribution is 2.28. The Labute approximate surface area is 157 Å². The Morgan fingerprint density at radius 2 is 2.07 bits per heavy atom. The number of aryl methyl sites for hydroxylation is 2. The van der Waals surface area contributed by atoms with Gasteiger partial charge in [-0.2, -0.15) is 14.7 Å². The van der Waals surface area contributed by atoms with E-state index in [-0.39, 0.29) is 5.56 Å². The fraction of sp³-hybridized carbons (Fsp3) is 0.158. The first kappa shape index (κ1) is 16.0. The Morgan fingerprint density at radius 1 is 1.19 bits per heavy atom. The molecular weight excluding hydrogens is 360 g/mol. The average Bonchev–Trinajstić information content (AvgIpc) is 3.38. The number of H-pyrrole nitrogens is 1. The Kier molecular flexibility index (Phi) is 3.48. The fourth-order valence-electron chi connectivity index (χ4n) is 3.28. The summed E-state index contributed by atoms with van der Waals surface area (Å²) in [4.78, 5) is 20.5. The molecule has 0 aliphatic carbocycles. The van der Waals surface area contributed by atoms with Crippen LogP contribution in [-0.4, -0.2) is 29.4 Å². The van der Waals surface area contributed by atoms with Gasteiger partial charge < -0.3 is 4.98 Å². The van der Waals surface area contributed by atoms with E-state index in [1.165, 1.54) is 15.9 Å². The number of fused-ring (bicyclic) bond motifs is 2. The molecule has 4 aromatic heterocycles. The van der Waals surface area contributed by atoms with Crippen molar-refractivity contribution in [3.8, 4) is 21.8 Å². The number of thiazole rings is 1. The number of nitrogens with zero attached hydrogens (tertiary/aromatic N) is 5. The molecule has 0 aliphatic rings. The van der Waals surface area contributed by atoms with Gasteiger partial charge in [0.05, 0.1) is 29.2 Å². The summed E-state index contributed by atoms with van der Waals surface area (Å²) in [6, 6.07) is 7.65. The zero-order valence-corrected chi connectivity index (χ0v) is 15.6. The molecule has 0 bridgehead atoms. The molecule has 5 aromatic rings. The Hall–Kier alpha value is -3.26. The van der Waals surface area contributed by atoms with Gasteiger partial charge in [-0.25, -0.2) is 4.98 Å². The third-order valence-electron chi connectivity index (χ3n) is 4.60. The van der Waals surface area contributed by atoms with E-state index in [9.17, 15) is 4.79 Å². The predicted molar refractivity (Wildman–Crippen MR) is 106 cm³/mol. The maximum atomic E-state index is 12.6. The van der Waals surface area contributed by atoms with Crippen molar-refractivity contribution in [1.29, 1.82) is 0 Å². The van der Waals surface area contributed by atoms with Gasteiger partial charge in [0.1, 0.15) is 10.7 Å². The second kappa shape index (κ2) is 5.88. The number of rotatable bonds is 3. The number of aromatic nitrogens is 6. The summed E-state index contributed by atoms with van der Waals surface area (Å²) in [5.74, 6) is 0. The largest absolute Gasteiger partial charge is 0.339 e. The van der Waals surface area contributed by atoms with Crippen LogP contribution in [-0.2, 0) is 6.54 Å². The molecule has 0 aliphatic heterocycles. The molecule has 0 spiro atoms. The van der Waals surface area contributed by atoms with E-state index in [4.69, 9.17) is 0 Å². The van der Waals surface area contributed by atoms with Gasteiger partial charge in [0, 0.05) is 29.1 Å². The van der Waals surface area contributed by atoms with Gasteiger partial charge in [-0.3, -0.25) is 9.48 Å². The minimum atomic E-state index is -0.178. The van der Waals surface area contributed by atoms with Crippen molar-refractivity contribution >= 4 is 27.9 Å². The predicted octanol–water partition coefficient (Wildman–Crippen LogP) is 3.49. The fourth-order valence-corrected chi connectivity index (χ4v) is 4.09. The Balaban J connectivity index is 1.70. The molecular formula is C19H16N6OS. The van der Waals surface area contributed by atoms with Gasteiger partial charge in [-0.1, -0.05) is 6.07 Å². The maximum Gasteiger partial charge on any atom is 0.274 e. The van der Waals surface area contributed by atoms with E-state index in [0.717, 1.165) is 45.0 Å². The molecule has 0 fully saturated rings. The monoisotopic (exact) mass is 376 g/mol. The molecule has 0 atom stereocenters. The zero-order valence-electron chi connectivity index (χ0n) is 14.8. The minimum absolute atomic E-state index is 0.178. The van der Waals surface area contributed by atoms with Crippen LogP contribution in [0.15, 0.2) is 46.8 Å². The van der Waals surface area contributed by atoms with Crippen LogP contribution >= 0.6 is 11.3 Å². The normalized spacial score (nSPS) is 11.6. The van der Waals surface area contributed by atoms with Gasteiger partial charge >= 0.3 is 0 Å². The first-order valence-corrected chi connectivity index (χ1v) is 9.51. The van der Waals surface area contributed by atoms with Crippen molar-refractivity contribution in [1.82, 2.24) is 29.4 Å². The number of hydrogen-bond donors (Lipinski definition) is 1. The Bertz CT molecular complexity index is 1360. The summed E-state index contributed by atoms with van der Waals surface area (Å²) >= 11 is 1.54.